The van der Waals surface area contributed by atoms with E-state index in [4.69, 9.17) is 9.47 Å². The average Bonchev–Trinajstić information content (AvgIpc) is 2.62. The second-order valence-electron chi connectivity index (χ2n) is 6.23. The smallest absolute Gasteiger partial charge is 0.416 e. The van der Waals surface area contributed by atoms with Crippen molar-refractivity contribution in [2.24, 2.45) is 0 Å². The number of sulfonamides is 1. The van der Waals surface area contributed by atoms with Crippen LogP contribution in [0.1, 0.15) is 29.7 Å². The molecule has 0 aliphatic carbocycles. The highest BCUT2D eigenvalue weighted by atomic mass is 32.2. The summed E-state index contributed by atoms with van der Waals surface area (Å²) in [5.74, 6) is 0.548. The maximum Gasteiger partial charge on any atom is 0.416 e. The summed E-state index contributed by atoms with van der Waals surface area (Å²) >= 11 is 0. The Morgan fingerprint density at radius 1 is 1.07 bits per heavy atom. The van der Waals surface area contributed by atoms with Crippen molar-refractivity contribution in [1.82, 2.24) is 4.72 Å². The van der Waals surface area contributed by atoms with E-state index in [1.807, 2.05) is 0 Å². The maximum atomic E-state index is 12.7. The number of rotatable bonds is 8. The fourth-order valence-electron chi connectivity index (χ4n) is 2.52. The zero-order valence-corrected chi connectivity index (χ0v) is 16.5. The molecule has 2 rings (SSSR count). The third-order valence-corrected chi connectivity index (χ3v) is 5.61. The third-order valence-electron chi connectivity index (χ3n) is 4.07. The van der Waals surface area contributed by atoms with Crippen LogP contribution in [0.25, 0.3) is 0 Å². The Bertz CT molecular complexity index is 896. The molecule has 2 aromatic carbocycles. The van der Waals surface area contributed by atoms with Gasteiger partial charge in [0.1, 0.15) is 12.4 Å². The molecule has 1 unspecified atom stereocenters. The molecule has 0 spiro atoms. The molecule has 1 atom stereocenters. The van der Waals surface area contributed by atoms with Crippen molar-refractivity contribution < 1.29 is 31.1 Å². The molecule has 0 radical (unpaired) electrons. The van der Waals surface area contributed by atoms with Gasteiger partial charge in [0.05, 0.1) is 17.1 Å². The number of benzene rings is 2. The van der Waals surface area contributed by atoms with Gasteiger partial charge in [0.15, 0.2) is 0 Å². The number of methoxy groups -OCH3 is 1. The van der Waals surface area contributed by atoms with Gasteiger partial charge in [0.2, 0.25) is 10.0 Å². The number of aryl methyl sites for hydroxylation is 1. The lowest BCUT2D eigenvalue weighted by atomic mass is 10.1. The van der Waals surface area contributed by atoms with Crippen LogP contribution in [0, 0.1) is 6.92 Å². The van der Waals surface area contributed by atoms with Crippen molar-refractivity contribution in [2.45, 2.75) is 31.0 Å². The molecular formula is C19H22F3NO4S. The van der Waals surface area contributed by atoms with E-state index < -0.39 is 27.8 Å². The molecule has 0 aliphatic heterocycles. The zero-order valence-electron chi connectivity index (χ0n) is 15.7. The standard InChI is InChI=1S/C19H22F3NO4S/c1-13-12-17(8-9-18(13)27-11-10-26-3)28(24,25)23-14(2)15-4-6-16(7-5-15)19(20,21)22/h4-9,12,14,23H,10-11H2,1-3H3. The SMILES string of the molecule is COCCOc1ccc(S(=O)(=O)NC(C)c2ccc(C(F)(F)F)cc2)cc1C. The fourth-order valence-corrected chi connectivity index (χ4v) is 3.83. The monoisotopic (exact) mass is 417 g/mol. The van der Waals surface area contributed by atoms with Gasteiger partial charge in [-0.2, -0.15) is 13.2 Å². The molecule has 0 amide bonds. The van der Waals surface area contributed by atoms with Gasteiger partial charge < -0.3 is 9.47 Å². The minimum atomic E-state index is -4.44. The van der Waals surface area contributed by atoms with Crippen LogP contribution < -0.4 is 9.46 Å². The summed E-state index contributed by atoms with van der Waals surface area (Å²) in [6.07, 6.45) is -4.44. The van der Waals surface area contributed by atoms with E-state index in [-0.39, 0.29) is 4.90 Å². The number of hydrogen-bond acceptors (Lipinski definition) is 4. The number of ether oxygens (including phenoxy) is 2. The minimum absolute atomic E-state index is 0.0443. The van der Waals surface area contributed by atoms with Crippen molar-refractivity contribution >= 4 is 10.0 Å². The van der Waals surface area contributed by atoms with Gasteiger partial charge in [-0.05, 0) is 55.3 Å². The normalized spacial score (nSPS) is 13.4. The Labute approximate surface area is 162 Å². The van der Waals surface area contributed by atoms with Crippen molar-refractivity contribution in [3.8, 4) is 5.75 Å². The number of nitrogens with one attached hydrogen (secondary N) is 1. The van der Waals surface area contributed by atoms with E-state index in [0.29, 0.717) is 30.1 Å². The van der Waals surface area contributed by atoms with Gasteiger partial charge in [-0.15, -0.1) is 0 Å². The number of hydrogen-bond donors (Lipinski definition) is 1. The summed E-state index contributed by atoms with van der Waals surface area (Å²) in [6.45, 7) is 4.04. The van der Waals surface area contributed by atoms with Crippen LogP contribution in [0.3, 0.4) is 0 Å². The van der Waals surface area contributed by atoms with Crippen molar-refractivity contribution in [3.05, 3.63) is 59.2 Å². The molecular weight excluding hydrogens is 395 g/mol. The van der Waals surface area contributed by atoms with E-state index >= 15 is 0 Å². The topological polar surface area (TPSA) is 64.6 Å². The summed E-state index contributed by atoms with van der Waals surface area (Å²) < 4.78 is 76.1. The van der Waals surface area contributed by atoms with Crippen LogP contribution in [0.4, 0.5) is 13.2 Å². The number of alkyl halides is 3. The first-order chi connectivity index (χ1) is 13.0. The molecule has 2 aromatic rings. The molecule has 0 aliphatic rings. The molecule has 9 heteroatoms. The van der Waals surface area contributed by atoms with E-state index in [1.165, 1.54) is 24.3 Å². The Balaban J connectivity index is 2.13. The predicted octanol–water partition coefficient (Wildman–Crippen LogP) is 4.08. The highest BCUT2D eigenvalue weighted by Crippen LogP contribution is 2.30. The second-order valence-corrected chi connectivity index (χ2v) is 7.95. The van der Waals surface area contributed by atoms with Gasteiger partial charge in [0.25, 0.3) is 0 Å². The minimum Gasteiger partial charge on any atom is -0.491 e. The highest BCUT2D eigenvalue weighted by molar-refractivity contribution is 7.89. The summed E-state index contributed by atoms with van der Waals surface area (Å²) in [7, 11) is -2.31. The largest absolute Gasteiger partial charge is 0.491 e. The quantitative estimate of drug-likeness (QED) is 0.658. The van der Waals surface area contributed by atoms with E-state index in [1.54, 1.807) is 27.0 Å². The average molecular weight is 417 g/mol. The first-order valence-electron chi connectivity index (χ1n) is 8.46. The third kappa shape index (κ3) is 5.70. The summed E-state index contributed by atoms with van der Waals surface area (Å²) in [5, 5.41) is 0. The highest BCUT2D eigenvalue weighted by Gasteiger charge is 2.30. The van der Waals surface area contributed by atoms with Crippen molar-refractivity contribution in [2.75, 3.05) is 20.3 Å². The van der Waals surface area contributed by atoms with Crippen LogP contribution in [0.5, 0.6) is 5.75 Å². The Hall–Kier alpha value is -2.10. The maximum absolute atomic E-state index is 12.7. The molecule has 154 valence electrons. The van der Waals surface area contributed by atoms with Gasteiger partial charge in [-0.1, -0.05) is 12.1 Å². The molecule has 0 saturated carbocycles. The van der Waals surface area contributed by atoms with Crippen LogP contribution in [0.2, 0.25) is 0 Å². The van der Waals surface area contributed by atoms with Crippen molar-refractivity contribution in [3.63, 3.8) is 0 Å². The zero-order chi connectivity index (χ0) is 20.9. The molecule has 0 fully saturated rings. The Kier molecular flexibility index (Phi) is 7.08. The molecule has 5 nitrogen and oxygen atoms in total. The second kappa shape index (κ2) is 8.93. The van der Waals surface area contributed by atoms with E-state index in [2.05, 4.69) is 4.72 Å². The number of halogens is 3. The van der Waals surface area contributed by atoms with Crippen molar-refractivity contribution in [1.29, 1.82) is 0 Å². The Morgan fingerprint density at radius 2 is 1.71 bits per heavy atom. The van der Waals surface area contributed by atoms with Crippen LogP contribution in [0.15, 0.2) is 47.4 Å². The van der Waals surface area contributed by atoms with Gasteiger partial charge in [-0.25, -0.2) is 13.1 Å². The molecule has 0 saturated heterocycles. The Morgan fingerprint density at radius 3 is 2.25 bits per heavy atom. The van der Waals surface area contributed by atoms with Crippen LogP contribution in [-0.4, -0.2) is 28.7 Å². The predicted molar refractivity (Wildman–Crippen MR) is 98.7 cm³/mol. The molecule has 1 N–H and O–H groups in total. The molecule has 28 heavy (non-hydrogen) atoms. The van der Waals surface area contributed by atoms with E-state index in [9.17, 15) is 21.6 Å². The summed E-state index contributed by atoms with van der Waals surface area (Å²) in [6, 6.07) is 8.11. The lowest BCUT2D eigenvalue weighted by molar-refractivity contribution is -0.137. The lowest BCUT2D eigenvalue weighted by Gasteiger charge is -2.17. The van der Waals surface area contributed by atoms with Crippen LogP contribution >= 0.6 is 0 Å². The molecule has 0 bridgehead atoms. The van der Waals surface area contributed by atoms with Crippen LogP contribution in [-0.2, 0) is 20.9 Å². The first kappa shape index (κ1) is 22.2. The summed E-state index contributed by atoms with van der Waals surface area (Å²) in [4.78, 5) is 0.0443. The van der Waals surface area contributed by atoms with Gasteiger partial charge >= 0.3 is 6.18 Å². The van der Waals surface area contributed by atoms with Gasteiger partial charge in [0, 0.05) is 13.2 Å². The van der Waals surface area contributed by atoms with Gasteiger partial charge in [-0.3, -0.25) is 0 Å². The molecule has 0 heterocycles. The lowest BCUT2D eigenvalue weighted by Crippen LogP contribution is -2.27. The first-order valence-corrected chi connectivity index (χ1v) is 9.95. The fraction of sp³-hybridized carbons (Fsp3) is 0.368. The summed E-state index contributed by atoms with van der Waals surface area (Å²) in [5.41, 5.74) is 0.278. The molecule has 0 aromatic heterocycles. The van der Waals surface area contributed by atoms with E-state index in [0.717, 1.165) is 12.1 Å².